The van der Waals surface area contributed by atoms with Gasteiger partial charge in [0.1, 0.15) is 0 Å². The van der Waals surface area contributed by atoms with Gasteiger partial charge in [-0.3, -0.25) is 0 Å². The van der Waals surface area contributed by atoms with Crippen molar-refractivity contribution < 1.29 is 0 Å². The quantitative estimate of drug-likeness (QED) is 0.166. The number of hydrogen-bond donors (Lipinski definition) is 0. The van der Waals surface area contributed by atoms with Crippen LogP contribution in [0.3, 0.4) is 0 Å². The van der Waals surface area contributed by atoms with Crippen LogP contribution in [0.2, 0.25) is 0 Å². The zero-order valence-electron chi connectivity index (χ0n) is 34.6. The molecule has 4 nitrogen and oxygen atoms in total. The molecule has 2 aromatic heterocycles. The smallest absolute Gasteiger partial charge is 0.164 e. The predicted octanol–water partition coefficient (Wildman–Crippen LogP) is 14.6. The van der Waals surface area contributed by atoms with E-state index in [-0.39, 0.29) is 0 Å². The molecule has 12 aromatic rings. The first-order valence-corrected chi connectivity index (χ1v) is 21.9. The summed E-state index contributed by atoms with van der Waals surface area (Å²) in [5, 5.41) is 7.55. The fourth-order valence-corrected chi connectivity index (χ4v) is 11.1. The fraction of sp³-hybridized carbons (Fsp3) is 0.0167. The highest BCUT2D eigenvalue weighted by molar-refractivity contribution is 6.13. The minimum Gasteiger partial charge on any atom is -0.309 e. The van der Waals surface area contributed by atoms with Gasteiger partial charge in [-0.05, 0) is 96.4 Å². The highest BCUT2D eigenvalue weighted by atomic mass is 15.0. The molecule has 1 unspecified atom stereocenters. The maximum atomic E-state index is 5.20. The second-order valence-corrected chi connectivity index (χ2v) is 17.1. The Morgan fingerprint density at radius 1 is 0.312 bits per heavy atom. The lowest BCUT2D eigenvalue weighted by atomic mass is 9.65. The molecule has 1 aliphatic heterocycles. The highest BCUT2D eigenvalue weighted by Crippen LogP contribution is 2.61. The van der Waals surface area contributed by atoms with Crippen LogP contribution in [0.5, 0.6) is 0 Å². The van der Waals surface area contributed by atoms with Crippen LogP contribution in [0.1, 0.15) is 22.3 Å². The summed E-state index contributed by atoms with van der Waals surface area (Å²) in [5.74, 6) is 1.94. The van der Waals surface area contributed by atoms with Crippen LogP contribution < -0.4 is 0 Å². The number of para-hydroxylation sites is 3. The molecule has 0 bridgehead atoms. The summed E-state index contributed by atoms with van der Waals surface area (Å²) in [5.41, 5.74) is 15.8. The zero-order valence-corrected chi connectivity index (χ0v) is 34.6. The van der Waals surface area contributed by atoms with Crippen molar-refractivity contribution in [3.05, 3.63) is 241 Å². The minimum atomic E-state index is -0.589. The van der Waals surface area contributed by atoms with Crippen LogP contribution >= 0.6 is 0 Å². The molecule has 2 aliphatic rings. The molecule has 1 atom stereocenters. The van der Waals surface area contributed by atoms with E-state index in [2.05, 4.69) is 187 Å². The summed E-state index contributed by atoms with van der Waals surface area (Å²) in [6.45, 7) is 0. The van der Waals surface area contributed by atoms with E-state index in [9.17, 15) is 0 Å². The van der Waals surface area contributed by atoms with Crippen molar-refractivity contribution in [2.45, 2.75) is 5.41 Å². The lowest BCUT2D eigenvalue weighted by Crippen LogP contribution is -2.33. The molecule has 3 heterocycles. The molecule has 0 saturated heterocycles. The van der Waals surface area contributed by atoms with Gasteiger partial charge in [0, 0.05) is 27.5 Å². The van der Waals surface area contributed by atoms with Crippen molar-refractivity contribution in [3.8, 4) is 62.1 Å². The SMILES string of the molecule is c1ccc(-c2nc(-c3ccccc3)nc(-c3ccc4c(c3)-c3cc(-c5ccc6c(ccc7ccccc76)c5)ccc3C43c4ccccc4-n4c5ccccc5c5cccc3c54)n2)cc1. The average molecular weight is 813 g/mol. The average Bonchev–Trinajstić information content (AvgIpc) is 3.86. The third-order valence-corrected chi connectivity index (χ3v) is 13.8. The van der Waals surface area contributed by atoms with Gasteiger partial charge in [-0.25, -0.2) is 15.0 Å². The number of benzene rings is 10. The molecule has 0 N–H and O–H groups in total. The first kappa shape index (κ1) is 35.2. The Morgan fingerprint density at radius 2 is 0.844 bits per heavy atom. The topological polar surface area (TPSA) is 43.6 Å². The Morgan fingerprint density at radius 3 is 1.61 bits per heavy atom. The molecular weight excluding hydrogens is 777 g/mol. The Hall–Kier alpha value is -8.47. The lowest BCUT2D eigenvalue weighted by Gasteiger charge is -2.39. The summed E-state index contributed by atoms with van der Waals surface area (Å²) in [4.78, 5) is 15.4. The summed E-state index contributed by atoms with van der Waals surface area (Å²) in [6.07, 6.45) is 0. The van der Waals surface area contributed by atoms with Crippen molar-refractivity contribution in [1.82, 2.24) is 19.5 Å². The maximum Gasteiger partial charge on any atom is 0.164 e. The van der Waals surface area contributed by atoms with Gasteiger partial charge in [0.25, 0.3) is 0 Å². The third kappa shape index (κ3) is 4.85. The Labute approximate surface area is 369 Å². The van der Waals surface area contributed by atoms with Crippen LogP contribution in [-0.4, -0.2) is 19.5 Å². The largest absolute Gasteiger partial charge is 0.309 e. The molecule has 14 rings (SSSR count). The number of fused-ring (bicyclic) bond motifs is 15. The highest BCUT2D eigenvalue weighted by Gasteiger charge is 2.51. The number of aromatic nitrogens is 4. The Balaban J connectivity index is 1.05. The van der Waals surface area contributed by atoms with Gasteiger partial charge in [0.15, 0.2) is 17.5 Å². The fourth-order valence-electron chi connectivity index (χ4n) is 11.1. The van der Waals surface area contributed by atoms with E-state index in [1.165, 1.54) is 93.5 Å². The molecule has 1 aliphatic carbocycles. The standard InChI is InChI=1S/C60H36N4/c1-3-15-38(16-4-1)57-61-58(39-17-5-2-6-18-39)63-59(62-57)43-30-33-51-49(36-43)48-35-41(40-28-31-45-42(34-40)27-26-37-14-7-8-19-44(37)45)29-32-50(48)60(51)52-22-10-12-25-55(52)64-54-24-11-9-20-46(54)47-21-13-23-53(60)56(47)64/h1-36H. The summed E-state index contributed by atoms with van der Waals surface area (Å²) in [6, 6.07) is 79.4. The first-order valence-electron chi connectivity index (χ1n) is 21.9. The molecular formula is C60H36N4. The summed E-state index contributed by atoms with van der Waals surface area (Å²) >= 11 is 0. The molecule has 1 spiro atoms. The predicted molar refractivity (Wildman–Crippen MR) is 262 cm³/mol. The van der Waals surface area contributed by atoms with Crippen LogP contribution in [-0.2, 0) is 5.41 Å². The summed E-state index contributed by atoms with van der Waals surface area (Å²) in [7, 11) is 0. The van der Waals surface area contributed by atoms with Gasteiger partial charge in [-0.2, -0.15) is 0 Å². The molecule has 4 heteroatoms. The molecule has 64 heavy (non-hydrogen) atoms. The Kier molecular flexibility index (Phi) is 7.29. The van der Waals surface area contributed by atoms with Crippen LogP contribution in [0.25, 0.3) is 105 Å². The van der Waals surface area contributed by atoms with Crippen molar-refractivity contribution >= 4 is 43.4 Å². The van der Waals surface area contributed by atoms with E-state index in [0.29, 0.717) is 17.5 Å². The molecule has 0 fully saturated rings. The number of rotatable bonds is 4. The zero-order chi connectivity index (χ0) is 41.9. The second kappa shape index (κ2) is 13.3. The van der Waals surface area contributed by atoms with Gasteiger partial charge in [0.2, 0.25) is 0 Å². The van der Waals surface area contributed by atoms with Crippen molar-refractivity contribution in [3.63, 3.8) is 0 Å². The number of nitrogens with zero attached hydrogens (tertiary/aromatic N) is 4. The minimum absolute atomic E-state index is 0.589. The third-order valence-electron chi connectivity index (χ3n) is 13.8. The monoisotopic (exact) mass is 812 g/mol. The van der Waals surface area contributed by atoms with Crippen molar-refractivity contribution in [2.75, 3.05) is 0 Å². The summed E-state index contributed by atoms with van der Waals surface area (Å²) < 4.78 is 2.50. The van der Waals surface area contributed by atoms with E-state index in [1.807, 2.05) is 36.4 Å². The van der Waals surface area contributed by atoms with Crippen LogP contribution in [0.15, 0.2) is 218 Å². The molecule has 296 valence electrons. The maximum absolute atomic E-state index is 5.20. The molecule has 10 aromatic carbocycles. The van der Waals surface area contributed by atoms with Gasteiger partial charge in [-0.1, -0.05) is 188 Å². The van der Waals surface area contributed by atoms with E-state index in [1.54, 1.807) is 0 Å². The first-order chi connectivity index (χ1) is 31.7. The van der Waals surface area contributed by atoms with Gasteiger partial charge < -0.3 is 4.57 Å². The normalized spacial score (nSPS) is 14.6. The van der Waals surface area contributed by atoms with Crippen molar-refractivity contribution in [1.29, 1.82) is 0 Å². The van der Waals surface area contributed by atoms with Crippen LogP contribution in [0.4, 0.5) is 0 Å². The molecule has 0 radical (unpaired) electrons. The number of hydrogen-bond acceptors (Lipinski definition) is 3. The van der Waals surface area contributed by atoms with E-state index in [0.717, 1.165) is 16.7 Å². The Bertz CT molecular complexity index is 3850. The molecule has 0 amide bonds. The van der Waals surface area contributed by atoms with E-state index >= 15 is 0 Å². The molecule has 0 saturated carbocycles. The van der Waals surface area contributed by atoms with Gasteiger partial charge in [-0.15, -0.1) is 0 Å². The van der Waals surface area contributed by atoms with Crippen LogP contribution in [0, 0.1) is 0 Å². The van der Waals surface area contributed by atoms with Crippen molar-refractivity contribution in [2.24, 2.45) is 0 Å². The lowest BCUT2D eigenvalue weighted by molar-refractivity contribution is 0.748. The van der Waals surface area contributed by atoms with E-state index < -0.39 is 5.41 Å². The van der Waals surface area contributed by atoms with Gasteiger partial charge in [0.05, 0.1) is 22.1 Å². The van der Waals surface area contributed by atoms with Gasteiger partial charge >= 0.3 is 0 Å². The van der Waals surface area contributed by atoms with E-state index in [4.69, 9.17) is 15.0 Å². The second-order valence-electron chi connectivity index (χ2n) is 17.1.